The van der Waals surface area contributed by atoms with E-state index < -0.39 is 11.7 Å². The Morgan fingerprint density at radius 3 is 2.26 bits per heavy atom. The average Bonchev–Trinajstić information content (AvgIpc) is 2.56. The monoisotopic (exact) mass is 491 g/mol. The summed E-state index contributed by atoms with van der Waals surface area (Å²) >= 11 is 0. The van der Waals surface area contributed by atoms with E-state index in [2.05, 4.69) is 57.2 Å². The fourth-order valence-corrected chi connectivity index (χ4v) is 2.22. The molecule has 0 unspecified atom stereocenters. The molecule has 1 rings (SSSR count). The number of carbonyl (C=O) groups is 1. The fraction of sp³-hybridized carbons (Fsp3) is 0.579. The summed E-state index contributed by atoms with van der Waals surface area (Å²) in [6, 6.07) is 10.4. The number of guanidine groups is 1. The van der Waals surface area contributed by atoms with Crippen molar-refractivity contribution in [2.75, 3.05) is 40.3 Å². The molecule has 0 aliphatic rings. The van der Waals surface area contributed by atoms with Gasteiger partial charge < -0.3 is 25.6 Å². The first-order valence-electron chi connectivity index (χ1n) is 8.94. The highest BCUT2D eigenvalue weighted by Gasteiger charge is 2.15. The number of carbonyl (C=O) groups excluding carboxylic acids is 1. The van der Waals surface area contributed by atoms with Gasteiger partial charge in [-0.3, -0.25) is 4.99 Å². The van der Waals surface area contributed by atoms with Gasteiger partial charge in [0.15, 0.2) is 5.96 Å². The zero-order valence-electron chi connectivity index (χ0n) is 17.0. The summed E-state index contributed by atoms with van der Waals surface area (Å²) in [6.07, 6.45) is -0.412. The number of hydrogen-bond donors (Lipinski definition) is 3. The number of alkyl carbamates (subject to hydrolysis) is 1. The lowest BCUT2D eigenvalue weighted by atomic mass is 10.2. The van der Waals surface area contributed by atoms with E-state index in [1.807, 2.05) is 26.8 Å². The summed E-state index contributed by atoms with van der Waals surface area (Å²) in [4.78, 5) is 18.0. The summed E-state index contributed by atoms with van der Waals surface area (Å²) in [6.45, 7) is 9.13. The van der Waals surface area contributed by atoms with Gasteiger partial charge in [-0.15, -0.1) is 24.0 Å². The van der Waals surface area contributed by atoms with Crippen LogP contribution in [0.1, 0.15) is 26.3 Å². The van der Waals surface area contributed by atoms with Crippen LogP contribution in [0.3, 0.4) is 0 Å². The van der Waals surface area contributed by atoms with Crippen LogP contribution in [0, 0.1) is 0 Å². The third-order valence-electron chi connectivity index (χ3n) is 3.39. The summed E-state index contributed by atoms with van der Waals surface area (Å²) in [5, 5.41) is 9.13. The quantitative estimate of drug-likeness (QED) is 0.226. The van der Waals surface area contributed by atoms with E-state index in [1.54, 1.807) is 7.05 Å². The molecule has 8 heteroatoms. The van der Waals surface area contributed by atoms with Gasteiger partial charge in [-0.05, 0) is 33.4 Å². The summed E-state index contributed by atoms with van der Waals surface area (Å²) in [5.74, 6) is 0.712. The van der Waals surface area contributed by atoms with Crippen LogP contribution >= 0.6 is 24.0 Å². The Labute approximate surface area is 180 Å². The first kappa shape index (κ1) is 25.4. The second-order valence-electron chi connectivity index (χ2n) is 7.08. The van der Waals surface area contributed by atoms with Crippen LogP contribution < -0.4 is 16.0 Å². The first-order valence-corrected chi connectivity index (χ1v) is 8.94. The highest BCUT2D eigenvalue weighted by Crippen LogP contribution is 2.06. The van der Waals surface area contributed by atoms with E-state index in [0.717, 1.165) is 19.6 Å². The maximum absolute atomic E-state index is 11.6. The number of benzene rings is 1. The van der Waals surface area contributed by atoms with Gasteiger partial charge in [0.2, 0.25) is 0 Å². The van der Waals surface area contributed by atoms with E-state index in [-0.39, 0.29) is 24.0 Å². The predicted molar refractivity (Wildman–Crippen MR) is 122 cm³/mol. The molecule has 0 fully saturated rings. The molecule has 154 valence electrons. The smallest absolute Gasteiger partial charge is 0.407 e. The minimum Gasteiger partial charge on any atom is -0.444 e. The molecule has 0 heterocycles. The second-order valence-corrected chi connectivity index (χ2v) is 7.08. The highest BCUT2D eigenvalue weighted by molar-refractivity contribution is 14.0. The molecule has 0 atom stereocenters. The van der Waals surface area contributed by atoms with Crippen molar-refractivity contribution in [1.82, 2.24) is 20.9 Å². The lowest BCUT2D eigenvalue weighted by molar-refractivity contribution is 0.0529. The molecule has 1 amide bonds. The van der Waals surface area contributed by atoms with Crippen LogP contribution in [0.25, 0.3) is 0 Å². The Morgan fingerprint density at radius 2 is 1.67 bits per heavy atom. The third kappa shape index (κ3) is 13.3. The second kappa shape index (κ2) is 13.6. The maximum atomic E-state index is 11.6. The van der Waals surface area contributed by atoms with Crippen molar-refractivity contribution in [3.05, 3.63) is 35.9 Å². The van der Waals surface area contributed by atoms with Crippen molar-refractivity contribution < 1.29 is 9.53 Å². The highest BCUT2D eigenvalue weighted by atomic mass is 127. The Balaban J connectivity index is 0.00000676. The molecule has 0 saturated carbocycles. The van der Waals surface area contributed by atoms with Crippen molar-refractivity contribution in [2.24, 2.45) is 4.99 Å². The fourth-order valence-electron chi connectivity index (χ4n) is 2.22. The lowest BCUT2D eigenvalue weighted by Crippen LogP contribution is -2.44. The van der Waals surface area contributed by atoms with E-state index in [1.165, 1.54) is 5.56 Å². The topological polar surface area (TPSA) is 78.0 Å². The first-order chi connectivity index (χ1) is 12.3. The number of rotatable bonds is 8. The average molecular weight is 491 g/mol. The molecule has 27 heavy (non-hydrogen) atoms. The van der Waals surface area contributed by atoms with Gasteiger partial charge in [0.25, 0.3) is 0 Å². The van der Waals surface area contributed by atoms with Gasteiger partial charge in [0, 0.05) is 39.8 Å². The largest absolute Gasteiger partial charge is 0.444 e. The van der Waals surface area contributed by atoms with Gasteiger partial charge in [-0.1, -0.05) is 30.3 Å². The number of halogens is 1. The molecule has 0 spiro atoms. The van der Waals surface area contributed by atoms with Gasteiger partial charge in [-0.2, -0.15) is 0 Å². The van der Waals surface area contributed by atoms with Crippen molar-refractivity contribution in [3.63, 3.8) is 0 Å². The van der Waals surface area contributed by atoms with Gasteiger partial charge in [0.1, 0.15) is 5.60 Å². The number of aliphatic imine (C=N–C) groups is 1. The molecule has 0 saturated heterocycles. The molecule has 0 bridgehead atoms. The maximum Gasteiger partial charge on any atom is 0.407 e. The van der Waals surface area contributed by atoms with Crippen LogP contribution in [0.4, 0.5) is 4.79 Å². The van der Waals surface area contributed by atoms with E-state index in [4.69, 9.17) is 4.74 Å². The molecular formula is C19H34IN5O2. The SMILES string of the molecule is CN=C(NCCNC(=O)OC(C)(C)C)NCCN(C)Cc1ccccc1.I. The Bertz CT molecular complexity index is 561. The third-order valence-corrected chi connectivity index (χ3v) is 3.39. The van der Waals surface area contributed by atoms with Crippen molar-refractivity contribution in [3.8, 4) is 0 Å². The zero-order valence-corrected chi connectivity index (χ0v) is 19.4. The summed E-state index contributed by atoms with van der Waals surface area (Å²) in [7, 11) is 3.82. The van der Waals surface area contributed by atoms with Crippen LogP contribution in [0.2, 0.25) is 0 Å². The number of hydrogen-bond acceptors (Lipinski definition) is 4. The number of nitrogens with zero attached hydrogens (tertiary/aromatic N) is 2. The minimum absolute atomic E-state index is 0. The molecular weight excluding hydrogens is 457 g/mol. The summed E-state index contributed by atoms with van der Waals surface area (Å²) < 4.78 is 5.18. The number of amides is 1. The van der Waals surface area contributed by atoms with E-state index in [0.29, 0.717) is 19.0 Å². The molecule has 1 aromatic rings. The zero-order chi connectivity index (χ0) is 19.4. The summed E-state index contributed by atoms with van der Waals surface area (Å²) in [5.41, 5.74) is 0.812. The van der Waals surface area contributed by atoms with Gasteiger partial charge in [0.05, 0.1) is 0 Å². The molecule has 3 N–H and O–H groups in total. The molecule has 1 aromatic carbocycles. The van der Waals surface area contributed by atoms with E-state index >= 15 is 0 Å². The molecule has 0 aliphatic heterocycles. The molecule has 7 nitrogen and oxygen atoms in total. The van der Waals surface area contributed by atoms with Crippen LogP contribution in [-0.4, -0.2) is 62.8 Å². The molecule has 0 aliphatic carbocycles. The number of nitrogens with one attached hydrogen (secondary N) is 3. The van der Waals surface area contributed by atoms with Gasteiger partial charge >= 0.3 is 6.09 Å². The number of likely N-dealkylation sites (N-methyl/N-ethyl adjacent to an activating group) is 1. The Hall–Kier alpha value is -1.55. The van der Waals surface area contributed by atoms with Crippen LogP contribution in [0.15, 0.2) is 35.3 Å². The van der Waals surface area contributed by atoms with E-state index in [9.17, 15) is 4.79 Å². The molecule has 0 radical (unpaired) electrons. The standard InChI is InChI=1S/C19H33N5O2.HI/c1-19(2,3)26-18(25)23-12-11-21-17(20-4)22-13-14-24(5)15-16-9-7-6-8-10-16;/h6-10H,11-15H2,1-5H3,(H,23,25)(H2,20,21,22);1H. The van der Waals surface area contributed by atoms with Crippen molar-refractivity contribution in [1.29, 1.82) is 0 Å². The van der Waals surface area contributed by atoms with Crippen molar-refractivity contribution >= 4 is 36.0 Å². The Kier molecular flexibility index (Phi) is 12.8. The lowest BCUT2D eigenvalue weighted by Gasteiger charge is -2.20. The predicted octanol–water partition coefficient (Wildman–Crippen LogP) is 2.43. The molecule has 0 aromatic heterocycles. The van der Waals surface area contributed by atoms with Crippen molar-refractivity contribution in [2.45, 2.75) is 32.9 Å². The minimum atomic E-state index is -0.485. The van der Waals surface area contributed by atoms with Crippen LogP contribution in [-0.2, 0) is 11.3 Å². The van der Waals surface area contributed by atoms with Gasteiger partial charge in [-0.25, -0.2) is 4.79 Å². The van der Waals surface area contributed by atoms with Crippen LogP contribution in [0.5, 0.6) is 0 Å². The number of ether oxygens (including phenoxy) is 1. The Morgan fingerprint density at radius 1 is 1.07 bits per heavy atom. The normalized spacial score (nSPS) is 11.6.